The zero-order chi connectivity index (χ0) is 20.9. The topological polar surface area (TPSA) is 150 Å². The van der Waals surface area contributed by atoms with Crippen LogP contribution < -0.4 is 14.7 Å². The Morgan fingerprint density at radius 2 is 0.742 bits per heavy atom. The Morgan fingerprint density at radius 1 is 0.484 bits per heavy atom. The first kappa shape index (κ1) is 21.5. The van der Waals surface area contributed by atoms with Gasteiger partial charge in [-0.2, -0.15) is 0 Å². The third-order valence-corrected chi connectivity index (χ3v) is 3.91. The van der Waals surface area contributed by atoms with E-state index in [2.05, 4.69) is 29.4 Å². The van der Waals surface area contributed by atoms with Crippen LogP contribution in [-0.4, -0.2) is 31.1 Å². The maximum atomic E-state index is 8.90. The predicted molar refractivity (Wildman–Crippen MR) is 94.2 cm³/mol. The fourth-order valence-electron chi connectivity index (χ4n) is 2.49. The monoisotopic (exact) mass is 467 g/mol. The Kier molecular flexibility index (Phi) is 6.60. The van der Waals surface area contributed by atoms with Crippen LogP contribution in [0.25, 0.3) is 33.1 Å². The number of rotatable bonds is 0. The molecule has 12 nitrogen and oxygen atoms in total. The van der Waals surface area contributed by atoms with Gasteiger partial charge in [-0.15, -0.1) is 0 Å². The number of hydrogen-bond donors (Lipinski definition) is 3. The smallest absolute Gasteiger partial charge is 0.278 e. The average Bonchev–Trinajstić information content (AvgIpc) is 3.48. The van der Waals surface area contributed by atoms with E-state index in [-0.39, 0.29) is 17.1 Å². The molecule has 0 saturated heterocycles. The molecule has 0 amide bonds. The van der Waals surface area contributed by atoms with Crippen LogP contribution in [0, 0.1) is 0 Å². The fourth-order valence-corrected chi connectivity index (χ4v) is 2.49. The van der Waals surface area contributed by atoms with E-state index in [0.29, 0.717) is 47.8 Å². The molecule has 0 atom stereocenters. The summed E-state index contributed by atoms with van der Waals surface area (Å²) in [6.45, 7) is 0. The van der Waals surface area contributed by atoms with Gasteiger partial charge in [0.05, 0.1) is 0 Å². The summed E-state index contributed by atoms with van der Waals surface area (Å²) in [6, 6.07) is 21.3. The molecule has 0 fully saturated rings. The Balaban J connectivity index is 0.000000130. The van der Waals surface area contributed by atoms with Gasteiger partial charge in [-0.1, -0.05) is 36.4 Å². The van der Waals surface area contributed by atoms with Crippen LogP contribution in [-0.2, 0) is 17.1 Å². The predicted octanol–water partition coefficient (Wildman–Crippen LogP) is 1.06. The van der Waals surface area contributed by atoms with Crippen molar-refractivity contribution in [2.45, 2.75) is 0 Å². The molecular weight excluding hydrogens is 452 g/mol. The van der Waals surface area contributed by atoms with E-state index in [0.717, 1.165) is 0 Å². The number of fused-ring (bicyclic) bond motifs is 3. The first-order valence-corrected chi connectivity index (χ1v) is 8.52. The molecule has 6 rings (SSSR count). The van der Waals surface area contributed by atoms with Crippen LogP contribution in [0.5, 0.6) is 0 Å². The standard InChI is InChI=1S/3C6H5N2O2.Fe/c3*9-8-6-4-2-1-3-5(6)7-10-8;/h3*1-4,9H;/q3*+1;. The molecule has 6 aromatic rings. The Labute approximate surface area is 182 Å². The maximum absolute atomic E-state index is 8.90. The van der Waals surface area contributed by atoms with Gasteiger partial charge in [-0.05, 0) is 50.3 Å². The quantitative estimate of drug-likeness (QED) is 0.220. The zero-order valence-corrected chi connectivity index (χ0v) is 16.6. The molecule has 13 heteroatoms. The van der Waals surface area contributed by atoms with Gasteiger partial charge in [0.2, 0.25) is 0 Å². The summed E-state index contributed by atoms with van der Waals surface area (Å²) < 4.78 is 13.3. The summed E-state index contributed by atoms with van der Waals surface area (Å²) in [5, 5.41) is 37.4. The summed E-state index contributed by atoms with van der Waals surface area (Å²) in [5.41, 5.74) is 3.65. The van der Waals surface area contributed by atoms with Crippen molar-refractivity contribution in [3.05, 3.63) is 72.8 Å². The molecule has 3 aromatic heterocycles. The number of para-hydroxylation sites is 3. The molecule has 0 radical (unpaired) electrons. The van der Waals surface area contributed by atoms with Crippen molar-refractivity contribution in [1.29, 1.82) is 0 Å². The normalized spacial score (nSPS) is 10.1. The van der Waals surface area contributed by atoms with Gasteiger partial charge in [0.15, 0.2) is 15.5 Å². The third-order valence-electron chi connectivity index (χ3n) is 3.91. The van der Waals surface area contributed by atoms with Gasteiger partial charge in [-0.25, -0.2) is 0 Å². The number of hydrogen-bond acceptors (Lipinski definition) is 9. The molecule has 0 aliphatic carbocycles. The molecule has 0 saturated carbocycles. The Hall–Kier alpha value is -4.22. The van der Waals surface area contributed by atoms with Gasteiger partial charge in [-0.3, -0.25) is 0 Å². The molecule has 0 bridgehead atoms. The van der Waals surface area contributed by atoms with Crippen LogP contribution in [0.2, 0.25) is 0 Å². The van der Waals surface area contributed by atoms with Gasteiger partial charge in [0.1, 0.15) is 14.7 Å². The Bertz CT molecular complexity index is 1240. The second kappa shape index (κ2) is 9.52. The number of nitrogens with zero attached hydrogens (tertiary/aromatic N) is 6. The average molecular weight is 467 g/mol. The largest absolute Gasteiger partial charge is 0.316 e. The van der Waals surface area contributed by atoms with Gasteiger partial charge in [0, 0.05) is 17.1 Å². The minimum absolute atomic E-state index is 0. The summed E-state index contributed by atoms with van der Waals surface area (Å²) in [6.07, 6.45) is 0. The molecule has 0 unspecified atom stereocenters. The zero-order valence-electron chi connectivity index (χ0n) is 15.5. The van der Waals surface area contributed by atoms with Gasteiger partial charge >= 0.3 is 0 Å². The van der Waals surface area contributed by atoms with E-state index >= 15 is 0 Å². The molecular formula is C18H15FeN6O6+3. The molecule has 3 heterocycles. The third kappa shape index (κ3) is 4.69. The van der Waals surface area contributed by atoms with E-state index < -0.39 is 0 Å². The molecule has 0 aliphatic rings. The summed E-state index contributed by atoms with van der Waals surface area (Å²) in [7, 11) is 0. The van der Waals surface area contributed by atoms with Crippen LogP contribution >= 0.6 is 0 Å². The van der Waals surface area contributed by atoms with E-state index in [1.165, 1.54) is 0 Å². The fraction of sp³-hybridized carbons (Fsp3) is 0. The van der Waals surface area contributed by atoms with Crippen molar-refractivity contribution in [2.75, 3.05) is 0 Å². The minimum atomic E-state index is 0. The van der Waals surface area contributed by atoms with E-state index in [1.807, 2.05) is 18.2 Å². The van der Waals surface area contributed by atoms with E-state index in [1.54, 1.807) is 54.6 Å². The molecule has 158 valence electrons. The van der Waals surface area contributed by atoms with Crippen molar-refractivity contribution in [2.24, 2.45) is 0 Å². The van der Waals surface area contributed by atoms with Crippen molar-refractivity contribution in [1.82, 2.24) is 15.5 Å². The number of benzene rings is 3. The van der Waals surface area contributed by atoms with Crippen LogP contribution in [0.15, 0.2) is 86.7 Å². The van der Waals surface area contributed by atoms with Crippen LogP contribution in [0.3, 0.4) is 0 Å². The molecule has 0 aliphatic heterocycles. The molecule has 31 heavy (non-hydrogen) atoms. The summed E-state index contributed by atoms with van der Waals surface area (Å²) in [5.74, 6) is 0. The first-order valence-electron chi connectivity index (χ1n) is 8.52. The van der Waals surface area contributed by atoms with Crippen molar-refractivity contribution in [3.8, 4) is 0 Å². The van der Waals surface area contributed by atoms with Crippen LogP contribution in [0.4, 0.5) is 0 Å². The van der Waals surface area contributed by atoms with E-state index in [9.17, 15) is 0 Å². The number of aromatic nitrogens is 6. The van der Waals surface area contributed by atoms with Gasteiger partial charge in [0.25, 0.3) is 33.1 Å². The van der Waals surface area contributed by atoms with E-state index in [4.69, 9.17) is 15.6 Å². The SMILES string of the molecule is O[n+]1onc2ccccc21.O[n+]1onc2ccccc21.O[n+]1onc2ccccc21.[Fe]. The molecule has 3 N–H and O–H groups in total. The second-order valence-corrected chi connectivity index (χ2v) is 5.80. The summed E-state index contributed by atoms with van der Waals surface area (Å²) in [4.78, 5) is 1.90. The summed E-state index contributed by atoms with van der Waals surface area (Å²) >= 11 is 0. The van der Waals surface area contributed by atoms with Crippen LogP contribution in [0.1, 0.15) is 0 Å². The van der Waals surface area contributed by atoms with Crippen molar-refractivity contribution in [3.63, 3.8) is 0 Å². The second-order valence-electron chi connectivity index (χ2n) is 5.80. The van der Waals surface area contributed by atoms with Crippen molar-refractivity contribution < 1.29 is 61.3 Å². The first-order chi connectivity index (χ1) is 14.6. The minimum Gasteiger partial charge on any atom is -0.316 e. The van der Waals surface area contributed by atoms with Gasteiger partial charge < -0.3 is 15.6 Å². The molecule has 3 aromatic carbocycles. The van der Waals surface area contributed by atoms with Crippen molar-refractivity contribution >= 4 is 33.1 Å². The maximum Gasteiger partial charge on any atom is 0.278 e. The Morgan fingerprint density at radius 3 is 1.00 bits per heavy atom. The molecule has 0 spiro atoms.